The van der Waals surface area contributed by atoms with E-state index in [2.05, 4.69) is 10.5 Å². The fraction of sp³-hybridized carbons (Fsp3) is 0.0476. The molecule has 2 aromatic rings. The van der Waals surface area contributed by atoms with E-state index in [9.17, 15) is 4.79 Å². The molecule has 141 valence electrons. The summed E-state index contributed by atoms with van der Waals surface area (Å²) >= 11 is 12.0. The number of hydrogen-bond acceptors (Lipinski definition) is 3. The molecule has 7 heteroatoms. The zero-order valence-electron chi connectivity index (χ0n) is 14.6. The van der Waals surface area contributed by atoms with Crippen molar-refractivity contribution in [3.63, 3.8) is 0 Å². The van der Waals surface area contributed by atoms with Gasteiger partial charge >= 0.3 is 17.1 Å². The number of carbonyl (C=O) groups excluding carboxylic acids is 1. The van der Waals surface area contributed by atoms with Crippen molar-refractivity contribution >= 4 is 29.1 Å². The Morgan fingerprint density at radius 2 is 1.61 bits per heavy atom. The molecule has 1 amide bonds. The van der Waals surface area contributed by atoms with Gasteiger partial charge in [-0.2, -0.15) is 0 Å². The predicted octanol–water partition coefficient (Wildman–Crippen LogP) is 4.69. The molecule has 0 saturated heterocycles. The minimum atomic E-state index is -0.160. The molecule has 0 unspecified atom stereocenters. The molecule has 2 aliphatic carbocycles. The summed E-state index contributed by atoms with van der Waals surface area (Å²) in [6.07, 6.45) is 17.1. The maximum absolute atomic E-state index is 11.8. The molecule has 28 heavy (non-hydrogen) atoms. The molecular formula is C21H16Cl2FeN2O2+3. The van der Waals surface area contributed by atoms with Gasteiger partial charge in [0.15, 0.2) is 5.76 Å². The van der Waals surface area contributed by atoms with Crippen molar-refractivity contribution in [1.29, 1.82) is 0 Å². The van der Waals surface area contributed by atoms with E-state index in [1.165, 1.54) is 0 Å². The average molecular weight is 455 g/mol. The molecule has 0 bridgehead atoms. The van der Waals surface area contributed by atoms with Gasteiger partial charge in [-0.15, -0.1) is 0 Å². The molecule has 1 heterocycles. The Kier molecular flexibility index (Phi) is 9.87. The van der Waals surface area contributed by atoms with Crippen LogP contribution in [0.5, 0.6) is 0 Å². The summed E-state index contributed by atoms with van der Waals surface area (Å²) in [7, 11) is 0. The summed E-state index contributed by atoms with van der Waals surface area (Å²) in [6, 6.07) is 6.88. The van der Waals surface area contributed by atoms with Gasteiger partial charge in [-0.3, -0.25) is 4.79 Å². The number of rotatable bonds is 4. The van der Waals surface area contributed by atoms with Gasteiger partial charge in [-0.25, -0.2) is 0 Å². The molecule has 0 atom stereocenters. The molecule has 2 fully saturated rings. The molecule has 1 aromatic carbocycles. The van der Waals surface area contributed by atoms with Gasteiger partial charge in [0.2, 0.25) is 5.91 Å². The first-order valence-electron chi connectivity index (χ1n) is 8.21. The standard InChI is InChI=1S/C16H11Cl2N2O2.C5H5.Fe/c17-11-5-6-13(14(18)7-11)15-8-12(22-20-15)9-19-16(21)10-3-1-2-4-10;1-2-4-5-3-1;/h1-8H,9H2,(H,19,21);1-5H;/q;;+3. The van der Waals surface area contributed by atoms with Crippen LogP contribution in [-0.2, 0) is 28.4 Å². The van der Waals surface area contributed by atoms with Crippen LogP contribution in [0.4, 0.5) is 0 Å². The maximum Gasteiger partial charge on any atom is 3.00 e. The zero-order chi connectivity index (χ0) is 19.1. The number of nitrogens with one attached hydrogen (secondary N) is 1. The molecule has 0 aliphatic heterocycles. The Labute approximate surface area is 187 Å². The Balaban J connectivity index is 0.000000408. The normalized spacial score (nSPS) is 16.2. The molecule has 2 aliphatic rings. The molecule has 0 spiro atoms. The second kappa shape index (κ2) is 11.9. The van der Waals surface area contributed by atoms with Crippen molar-refractivity contribution < 1.29 is 26.4 Å². The van der Waals surface area contributed by atoms with Gasteiger partial charge in [0, 0.05) is 16.7 Å². The number of nitrogens with zero attached hydrogens (tertiary/aromatic N) is 1. The van der Waals surface area contributed by atoms with Gasteiger partial charge in [-0.1, -0.05) is 28.4 Å². The van der Waals surface area contributed by atoms with Crippen LogP contribution < -0.4 is 5.32 Å². The molecular weight excluding hydrogens is 439 g/mol. The molecule has 1 N–H and O–H groups in total. The van der Waals surface area contributed by atoms with Gasteiger partial charge in [0.05, 0.1) is 17.5 Å². The van der Waals surface area contributed by atoms with Gasteiger partial charge in [0.1, 0.15) is 5.69 Å². The van der Waals surface area contributed by atoms with E-state index in [-0.39, 0.29) is 29.5 Å². The van der Waals surface area contributed by atoms with Crippen LogP contribution in [0.3, 0.4) is 0 Å². The fourth-order valence-corrected chi connectivity index (χ4v) is 2.84. The largest absolute Gasteiger partial charge is 3.00 e. The van der Waals surface area contributed by atoms with Crippen LogP contribution in [0.1, 0.15) is 5.76 Å². The first-order valence-corrected chi connectivity index (χ1v) is 8.96. The Bertz CT molecular complexity index is 749. The minimum absolute atomic E-state index is 0. The van der Waals surface area contributed by atoms with Crippen molar-refractivity contribution in [3.8, 4) is 11.3 Å². The third kappa shape index (κ3) is 6.81. The average Bonchev–Trinajstić information content (AvgIpc) is 3.44. The molecule has 1 aromatic heterocycles. The van der Waals surface area contributed by atoms with Gasteiger partial charge in [-0.05, 0) is 76.0 Å². The van der Waals surface area contributed by atoms with E-state index in [0.717, 1.165) is 5.56 Å². The third-order valence-corrected chi connectivity index (χ3v) is 4.22. The monoisotopic (exact) mass is 454 g/mol. The first-order chi connectivity index (χ1) is 13.1. The van der Waals surface area contributed by atoms with E-state index in [1.807, 2.05) is 44.9 Å². The van der Waals surface area contributed by atoms with Gasteiger partial charge in [0.25, 0.3) is 0 Å². The second-order valence-electron chi connectivity index (χ2n) is 5.62. The fourth-order valence-electron chi connectivity index (χ4n) is 2.34. The van der Waals surface area contributed by atoms with Crippen molar-refractivity contribution in [2.75, 3.05) is 0 Å². The van der Waals surface area contributed by atoms with Crippen molar-refractivity contribution in [2.45, 2.75) is 6.54 Å². The Morgan fingerprint density at radius 1 is 0.964 bits per heavy atom. The summed E-state index contributed by atoms with van der Waals surface area (Å²) in [4.78, 5) is 11.8. The summed E-state index contributed by atoms with van der Waals surface area (Å²) in [5, 5.41) is 7.78. The quantitative estimate of drug-likeness (QED) is 0.682. The third-order valence-electron chi connectivity index (χ3n) is 3.67. The molecule has 11 radical (unpaired) electrons. The molecule has 4 rings (SSSR count). The first kappa shape index (κ1) is 23.3. The van der Waals surface area contributed by atoms with Crippen molar-refractivity contribution in [1.82, 2.24) is 10.5 Å². The Morgan fingerprint density at radius 3 is 2.21 bits per heavy atom. The number of aromatic nitrogens is 1. The molecule has 4 nitrogen and oxygen atoms in total. The van der Waals surface area contributed by atoms with E-state index in [4.69, 9.17) is 27.7 Å². The van der Waals surface area contributed by atoms with Crippen LogP contribution in [0.25, 0.3) is 11.3 Å². The topological polar surface area (TPSA) is 55.1 Å². The number of amides is 1. The molecule has 2 saturated carbocycles. The van der Waals surface area contributed by atoms with Crippen LogP contribution >= 0.6 is 23.2 Å². The Hall–Kier alpha value is -1.00. The van der Waals surface area contributed by atoms with Crippen LogP contribution in [-0.4, -0.2) is 11.1 Å². The number of benzene rings is 1. The number of hydrogen-bond donors (Lipinski definition) is 1. The second-order valence-corrected chi connectivity index (χ2v) is 6.46. The summed E-state index contributed by atoms with van der Waals surface area (Å²) < 4.78 is 5.22. The van der Waals surface area contributed by atoms with E-state index in [0.29, 0.717) is 27.4 Å². The predicted molar refractivity (Wildman–Crippen MR) is 106 cm³/mol. The van der Waals surface area contributed by atoms with Gasteiger partial charge < -0.3 is 9.84 Å². The summed E-state index contributed by atoms with van der Waals surface area (Å²) in [6.45, 7) is 0.252. The van der Waals surface area contributed by atoms with Crippen LogP contribution in [0.15, 0.2) is 28.8 Å². The number of carbonyl (C=O) groups is 1. The van der Waals surface area contributed by atoms with Crippen LogP contribution in [0, 0.1) is 63.7 Å². The zero-order valence-corrected chi connectivity index (χ0v) is 17.2. The summed E-state index contributed by atoms with van der Waals surface area (Å²) in [5.74, 6) is 0.994. The smallest absolute Gasteiger partial charge is 0.359 e. The SMILES string of the molecule is O=C(NCc1cc(-c2ccc(Cl)cc2Cl)no1)[C]1[CH][CH][CH][CH]1.[CH]1[CH][CH][CH][CH]1.[Fe+3]. The maximum atomic E-state index is 11.8. The van der Waals surface area contributed by atoms with Crippen molar-refractivity contribution in [2.24, 2.45) is 0 Å². The van der Waals surface area contributed by atoms with Crippen LogP contribution in [0.2, 0.25) is 10.0 Å². The number of halogens is 2. The van der Waals surface area contributed by atoms with Crippen molar-refractivity contribution in [3.05, 3.63) is 104 Å². The minimum Gasteiger partial charge on any atom is -0.359 e. The van der Waals surface area contributed by atoms with E-state index >= 15 is 0 Å². The summed E-state index contributed by atoms with van der Waals surface area (Å²) in [5.41, 5.74) is 1.32. The van der Waals surface area contributed by atoms with E-state index in [1.54, 1.807) is 37.1 Å². The van der Waals surface area contributed by atoms with E-state index < -0.39 is 0 Å².